The fourth-order valence-electron chi connectivity index (χ4n) is 2.91. The molecule has 0 bridgehead atoms. The van der Waals surface area contributed by atoms with Gasteiger partial charge in [0.05, 0.1) is 18.1 Å². The highest BCUT2D eigenvalue weighted by atomic mass is 19.4. The average molecular weight is 325 g/mol. The summed E-state index contributed by atoms with van der Waals surface area (Å²) < 4.78 is 37.9. The maximum absolute atomic E-state index is 12.6. The third-order valence-corrected chi connectivity index (χ3v) is 4.10. The molecule has 1 fully saturated rings. The fourth-order valence-corrected chi connectivity index (χ4v) is 2.91. The number of nitrogens with zero attached hydrogens (tertiary/aromatic N) is 4. The van der Waals surface area contributed by atoms with Gasteiger partial charge >= 0.3 is 6.18 Å². The topological polar surface area (TPSA) is 79.5 Å². The molecule has 2 heterocycles. The molecule has 23 heavy (non-hydrogen) atoms. The highest BCUT2D eigenvalue weighted by Crippen LogP contribution is 2.32. The van der Waals surface area contributed by atoms with Gasteiger partial charge in [0.2, 0.25) is 0 Å². The highest BCUT2D eigenvalue weighted by molar-refractivity contribution is 5.16. The molecule has 0 saturated carbocycles. The Kier molecular flexibility index (Phi) is 5.62. The molecule has 1 aromatic rings. The molecule has 0 aromatic carbocycles. The van der Waals surface area contributed by atoms with Crippen LogP contribution in [0.2, 0.25) is 0 Å². The molecule has 1 saturated heterocycles. The number of nitriles is 2. The zero-order chi connectivity index (χ0) is 16.9. The number of halogens is 3. The second-order valence-corrected chi connectivity index (χ2v) is 5.83. The molecule has 124 valence electrons. The van der Waals surface area contributed by atoms with E-state index in [1.54, 1.807) is 0 Å². The Morgan fingerprint density at radius 3 is 2.83 bits per heavy atom. The number of likely N-dealkylation sites (tertiary alicyclic amines) is 1. The molecule has 0 unspecified atom stereocenters. The first-order valence-electron chi connectivity index (χ1n) is 7.55. The second-order valence-electron chi connectivity index (χ2n) is 5.83. The molecular weight excluding hydrogens is 307 g/mol. The van der Waals surface area contributed by atoms with Crippen molar-refractivity contribution in [3.05, 3.63) is 17.5 Å². The zero-order valence-electron chi connectivity index (χ0n) is 12.6. The van der Waals surface area contributed by atoms with Crippen molar-refractivity contribution in [1.29, 1.82) is 10.5 Å². The van der Waals surface area contributed by atoms with Crippen LogP contribution >= 0.6 is 0 Å². The van der Waals surface area contributed by atoms with Crippen LogP contribution in [0.25, 0.3) is 0 Å². The van der Waals surface area contributed by atoms with Crippen LogP contribution in [0.4, 0.5) is 13.2 Å². The van der Waals surface area contributed by atoms with Gasteiger partial charge in [0, 0.05) is 31.1 Å². The van der Waals surface area contributed by atoms with E-state index in [0.717, 1.165) is 25.5 Å². The van der Waals surface area contributed by atoms with E-state index in [1.165, 1.54) is 0 Å². The summed E-state index contributed by atoms with van der Waals surface area (Å²) in [5.41, 5.74) is -0.402. The fraction of sp³-hybridized carbons (Fsp3) is 0.667. The van der Waals surface area contributed by atoms with Gasteiger partial charge in [0.1, 0.15) is 0 Å². The van der Waals surface area contributed by atoms with Gasteiger partial charge in [-0.1, -0.05) is 0 Å². The molecule has 0 aliphatic carbocycles. The maximum Gasteiger partial charge on any atom is 0.435 e. The predicted octanol–water partition coefficient (Wildman–Crippen LogP) is 3.05. The van der Waals surface area contributed by atoms with E-state index in [4.69, 9.17) is 10.5 Å². The van der Waals surface area contributed by atoms with Crippen LogP contribution in [0.5, 0.6) is 0 Å². The van der Waals surface area contributed by atoms with Crippen molar-refractivity contribution in [2.75, 3.05) is 19.6 Å². The van der Waals surface area contributed by atoms with E-state index in [1.807, 2.05) is 6.07 Å². The van der Waals surface area contributed by atoms with Crippen molar-refractivity contribution in [1.82, 2.24) is 15.1 Å². The number of hydrogen-bond donors (Lipinski definition) is 1. The number of piperidine rings is 1. The summed E-state index contributed by atoms with van der Waals surface area (Å²) in [7, 11) is 0. The Bertz CT molecular complexity index is 595. The Labute approximate surface area is 132 Å². The molecule has 1 aromatic heterocycles. The van der Waals surface area contributed by atoms with Crippen molar-refractivity contribution < 1.29 is 13.2 Å². The van der Waals surface area contributed by atoms with Crippen LogP contribution in [-0.2, 0) is 6.18 Å². The SMILES string of the molecule is N#CCC[C@@H](C#N)CN1CCC[C@H](c2cc(C(F)(F)F)n[nH]2)C1. The van der Waals surface area contributed by atoms with Gasteiger partial charge in [-0.05, 0) is 31.9 Å². The summed E-state index contributed by atoms with van der Waals surface area (Å²) in [6.45, 7) is 1.97. The Morgan fingerprint density at radius 2 is 2.22 bits per heavy atom. The minimum absolute atomic E-state index is 0.0392. The van der Waals surface area contributed by atoms with Gasteiger partial charge in [0.15, 0.2) is 5.69 Å². The summed E-state index contributed by atoms with van der Waals surface area (Å²) in [5, 5.41) is 23.6. The van der Waals surface area contributed by atoms with Crippen molar-refractivity contribution in [3.63, 3.8) is 0 Å². The van der Waals surface area contributed by atoms with Gasteiger partial charge < -0.3 is 4.90 Å². The predicted molar refractivity (Wildman–Crippen MR) is 76.0 cm³/mol. The maximum atomic E-state index is 12.6. The van der Waals surface area contributed by atoms with Crippen LogP contribution in [0.1, 0.15) is 43.0 Å². The second kappa shape index (κ2) is 7.47. The first-order valence-corrected chi connectivity index (χ1v) is 7.55. The number of aromatic amines is 1. The molecule has 2 rings (SSSR count). The van der Waals surface area contributed by atoms with Crippen LogP contribution in [-0.4, -0.2) is 34.7 Å². The Hall–Kier alpha value is -2.06. The van der Waals surface area contributed by atoms with Crippen molar-refractivity contribution in [3.8, 4) is 12.1 Å². The number of rotatable bonds is 5. The molecule has 5 nitrogen and oxygen atoms in total. The first kappa shape index (κ1) is 17.3. The van der Waals surface area contributed by atoms with E-state index in [9.17, 15) is 13.2 Å². The summed E-state index contributed by atoms with van der Waals surface area (Å²) in [5.74, 6) is -0.261. The standard InChI is InChI=1S/C15H18F3N5/c16-15(17,18)14-7-13(21-22-14)12-4-2-6-23(10-12)9-11(8-20)3-1-5-19/h7,11-12H,1-4,6,9-10H2,(H,21,22)/t11-,12-/m0/s1. The van der Waals surface area contributed by atoms with Crippen molar-refractivity contribution in [2.24, 2.45) is 5.92 Å². The summed E-state index contributed by atoms with van der Waals surface area (Å²) in [6.07, 6.45) is -1.92. The van der Waals surface area contributed by atoms with Gasteiger partial charge in [-0.2, -0.15) is 28.8 Å². The molecule has 1 aliphatic heterocycles. The molecule has 1 N–H and O–H groups in total. The van der Waals surface area contributed by atoms with Gasteiger partial charge in [-0.25, -0.2) is 0 Å². The minimum Gasteiger partial charge on any atom is -0.301 e. The quantitative estimate of drug-likeness (QED) is 0.902. The van der Waals surface area contributed by atoms with E-state index in [-0.39, 0.29) is 11.8 Å². The monoisotopic (exact) mass is 325 g/mol. The van der Waals surface area contributed by atoms with E-state index >= 15 is 0 Å². The Morgan fingerprint density at radius 1 is 1.43 bits per heavy atom. The van der Waals surface area contributed by atoms with Crippen LogP contribution < -0.4 is 0 Å². The first-order chi connectivity index (χ1) is 10.9. The average Bonchev–Trinajstić information content (AvgIpc) is 3.02. The molecule has 2 atom stereocenters. The third-order valence-electron chi connectivity index (χ3n) is 4.10. The summed E-state index contributed by atoms with van der Waals surface area (Å²) in [4.78, 5) is 2.09. The lowest BCUT2D eigenvalue weighted by molar-refractivity contribution is -0.141. The number of aromatic nitrogens is 2. The molecule has 0 radical (unpaired) electrons. The van der Waals surface area contributed by atoms with Crippen LogP contribution in [0.15, 0.2) is 6.07 Å². The summed E-state index contributed by atoms with van der Waals surface area (Å²) in [6, 6.07) is 5.31. The molecule has 1 aliphatic rings. The third kappa shape index (κ3) is 4.70. The number of nitrogens with one attached hydrogen (secondary N) is 1. The van der Waals surface area contributed by atoms with Crippen LogP contribution in [0.3, 0.4) is 0 Å². The number of H-pyrrole nitrogens is 1. The highest BCUT2D eigenvalue weighted by Gasteiger charge is 2.35. The zero-order valence-corrected chi connectivity index (χ0v) is 12.6. The molecule has 8 heteroatoms. The van der Waals surface area contributed by atoms with E-state index < -0.39 is 11.9 Å². The lowest BCUT2D eigenvalue weighted by Gasteiger charge is -2.33. The minimum atomic E-state index is -4.44. The van der Waals surface area contributed by atoms with Gasteiger partial charge in [-0.3, -0.25) is 5.10 Å². The van der Waals surface area contributed by atoms with Gasteiger partial charge in [0.25, 0.3) is 0 Å². The largest absolute Gasteiger partial charge is 0.435 e. The lowest BCUT2D eigenvalue weighted by atomic mass is 9.93. The smallest absolute Gasteiger partial charge is 0.301 e. The number of hydrogen-bond acceptors (Lipinski definition) is 4. The lowest BCUT2D eigenvalue weighted by Crippen LogP contribution is -2.37. The van der Waals surface area contributed by atoms with Crippen LogP contribution in [0, 0.1) is 28.6 Å². The van der Waals surface area contributed by atoms with E-state index in [0.29, 0.717) is 31.6 Å². The molecule has 0 amide bonds. The van der Waals surface area contributed by atoms with Crippen molar-refractivity contribution in [2.45, 2.75) is 37.8 Å². The number of alkyl halides is 3. The van der Waals surface area contributed by atoms with Crippen molar-refractivity contribution >= 4 is 0 Å². The Balaban J connectivity index is 1.97. The molecule has 0 spiro atoms. The molecular formula is C15H18F3N5. The van der Waals surface area contributed by atoms with E-state index in [2.05, 4.69) is 21.2 Å². The summed E-state index contributed by atoms with van der Waals surface area (Å²) >= 11 is 0. The van der Waals surface area contributed by atoms with Gasteiger partial charge in [-0.15, -0.1) is 0 Å². The normalized spacial score (nSPS) is 20.7.